The standard InChI is InChI=1S/C22H34N2O3/c1-4-8-21(25)18-23(12-7-14-26-2)17-20-10-6-13-24(20)16-19-9-5-11-22(15-19)27-3/h5-6,9-11,13,15,21,25H,4,7-8,12,14,16-18H2,1-3H3/p+1/t21-/m1/s1. The van der Waals surface area contributed by atoms with Gasteiger partial charge in [-0.15, -0.1) is 0 Å². The highest BCUT2D eigenvalue weighted by atomic mass is 16.5. The first kappa shape index (κ1) is 21.5. The van der Waals surface area contributed by atoms with Crippen LogP contribution in [0, 0.1) is 0 Å². The van der Waals surface area contributed by atoms with Crippen molar-refractivity contribution in [1.82, 2.24) is 4.57 Å². The summed E-state index contributed by atoms with van der Waals surface area (Å²) in [5, 5.41) is 10.3. The molecule has 150 valence electrons. The molecule has 2 atom stereocenters. The number of nitrogens with zero attached hydrogens (tertiary/aromatic N) is 1. The van der Waals surface area contributed by atoms with Crippen LogP contribution in [0.4, 0.5) is 0 Å². The number of benzene rings is 1. The third-order valence-corrected chi connectivity index (χ3v) is 4.87. The minimum Gasteiger partial charge on any atom is -0.497 e. The number of rotatable bonds is 13. The maximum atomic E-state index is 10.3. The molecule has 0 spiro atoms. The predicted octanol–water partition coefficient (Wildman–Crippen LogP) is 2.13. The SMILES string of the molecule is CCC[C@@H](O)C[NH+](CCCOC)Cc1cccn1Cc1cccc(OC)c1. The second-order valence-electron chi connectivity index (χ2n) is 7.15. The molecule has 0 fully saturated rings. The van der Waals surface area contributed by atoms with Crippen molar-refractivity contribution in [2.75, 3.05) is 33.9 Å². The van der Waals surface area contributed by atoms with Crippen LogP contribution in [-0.2, 0) is 17.8 Å². The highest BCUT2D eigenvalue weighted by Gasteiger charge is 2.17. The Hall–Kier alpha value is -1.82. The topological polar surface area (TPSA) is 48.1 Å². The number of quaternary nitrogens is 1. The largest absolute Gasteiger partial charge is 0.497 e. The number of nitrogens with one attached hydrogen (secondary N) is 1. The molecule has 0 aliphatic carbocycles. The zero-order valence-electron chi connectivity index (χ0n) is 17.0. The molecule has 0 radical (unpaired) electrons. The Morgan fingerprint density at radius 1 is 1.19 bits per heavy atom. The summed E-state index contributed by atoms with van der Waals surface area (Å²) in [5.41, 5.74) is 2.51. The zero-order chi connectivity index (χ0) is 19.5. The number of aromatic nitrogens is 1. The van der Waals surface area contributed by atoms with Crippen molar-refractivity contribution in [3.05, 3.63) is 53.9 Å². The van der Waals surface area contributed by atoms with E-state index in [0.717, 1.165) is 57.8 Å². The van der Waals surface area contributed by atoms with E-state index in [2.05, 4.69) is 42.0 Å². The number of aliphatic hydroxyl groups excluding tert-OH is 1. The molecule has 5 nitrogen and oxygen atoms in total. The monoisotopic (exact) mass is 375 g/mol. The summed E-state index contributed by atoms with van der Waals surface area (Å²) in [6, 6.07) is 12.5. The van der Waals surface area contributed by atoms with Crippen molar-refractivity contribution < 1.29 is 19.5 Å². The molecule has 2 rings (SSSR count). The van der Waals surface area contributed by atoms with E-state index in [1.807, 2.05) is 12.1 Å². The fourth-order valence-electron chi connectivity index (χ4n) is 3.49. The summed E-state index contributed by atoms with van der Waals surface area (Å²) in [5.74, 6) is 0.885. The van der Waals surface area contributed by atoms with Crippen LogP contribution in [0.2, 0.25) is 0 Å². The smallest absolute Gasteiger partial charge is 0.119 e. The van der Waals surface area contributed by atoms with Crippen molar-refractivity contribution in [2.45, 2.75) is 45.4 Å². The Balaban J connectivity index is 2.04. The summed E-state index contributed by atoms with van der Waals surface area (Å²) < 4.78 is 12.8. The first-order chi connectivity index (χ1) is 13.2. The third-order valence-electron chi connectivity index (χ3n) is 4.87. The molecule has 2 aromatic rings. The van der Waals surface area contributed by atoms with Gasteiger partial charge in [-0.25, -0.2) is 0 Å². The Morgan fingerprint density at radius 3 is 2.78 bits per heavy atom. The van der Waals surface area contributed by atoms with Gasteiger partial charge in [0.25, 0.3) is 0 Å². The van der Waals surface area contributed by atoms with Gasteiger partial charge in [-0.2, -0.15) is 0 Å². The first-order valence-electron chi connectivity index (χ1n) is 9.93. The van der Waals surface area contributed by atoms with Gasteiger partial charge in [-0.3, -0.25) is 0 Å². The van der Waals surface area contributed by atoms with Crippen LogP contribution in [0.5, 0.6) is 5.75 Å². The van der Waals surface area contributed by atoms with Gasteiger partial charge in [-0.1, -0.05) is 25.5 Å². The molecule has 0 bridgehead atoms. The van der Waals surface area contributed by atoms with Crippen LogP contribution in [0.3, 0.4) is 0 Å². The highest BCUT2D eigenvalue weighted by molar-refractivity contribution is 5.29. The summed E-state index contributed by atoms with van der Waals surface area (Å²) in [6.07, 6.45) is 4.76. The van der Waals surface area contributed by atoms with Gasteiger partial charge in [0.15, 0.2) is 0 Å². The maximum absolute atomic E-state index is 10.3. The van der Waals surface area contributed by atoms with Crippen LogP contribution in [0.15, 0.2) is 42.6 Å². The van der Waals surface area contributed by atoms with E-state index in [4.69, 9.17) is 9.47 Å². The van der Waals surface area contributed by atoms with Gasteiger partial charge >= 0.3 is 0 Å². The molecule has 0 saturated carbocycles. The highest BCUT2D eigenvalue weighted by Crippen LogP contribution is 2.14. The van der Waals surface area contributed by atoms with E-state index in [0.29, 0.717) is 0 Å². The lowest BCUT2D eigenvalue weighted by Gasteiger charge is -2.23. The molecule has 2 N–H and O–H groups in total. The molecule has 27 heavy (non-hydrogen) atoms. The number of hydrogen-bond acceptors (Lipinski definition) is 3. The Kier molecular flexibility index (Phi) is 9.39. The molecular formula is C22H35N2O3+. The van der Waals surface area contributed by atoms with E-state index in [9.17, 15) is 5.11 Å². The molecule has 0 aliphatic rings. The lowest BCUT2D eigenvalue weighted by molar-refractivity contribution is -0.917. The van der Waals surface area contributed by atoms with Crippen LogP contribution >= 0.6 is 0 Å². The fraction of sp³-hybridized carbons (Fsp3) is 0.545. The quantitative estimate of drug-likeness (QED) is 0.527. The van der Waals surface area contributed by atoms with Gasteiger partial charge < -0.3 is 24.0 Å². The summed E-state index contributed by atoms with van der Waals surface area (Å²) in [7, 11) is 3.44. The van der Waals surface area contributed by atoms with Crippen LogP contribution in [0.25, 0.3) is 0 Å². The zero-order valence-corrected chi connectivity index (χ0v) is 17.0. The predicted molar refractivity (Wildman–Crippen MR) is 108 cm³/mol. The normalized spacial score (nSPS) is 13.5. The lowest BCUT2D eigenvalue weighted by atomic mass is 10.2. The molecule has 1 unspecified atom stereocenters. The molecule has 0 aliphatic heterocycles. The number of hydrogen-bond donors (Lipinski definition) is 2. The molecule has 5 heteroatoms. The van der Waals surface area contributed by atoms with Gasteiger partial charge in [0.2, 0.25) is 0 Å². The van der Waals surface area contributed by atoms with Crippen LogP contribution in [-0.4, -0.2) is 49.7 Å². The third kappa shape index (κ3) is 7.37. The summed E-state index contributed by atoms with van der Waals surface area (Å²) >= 11 is 0. The number of ether oxygens (including phenoxy) is 2. The Bertz CT molecular complexity index is 657. The van der Waals surface area contributed by atoms with E-state index in [1.54, 1.807) is 14.2 Å². The van der Waals surface area contributed by atoms with Crippen molar-refractivity contribution in [3.63, 3.8) is 0 Å². The minimum absolute atomic E-state index is 0.241. The fourth-order valence-corrected chi connectivity index (χ4v) is 3.49. The summed E-state index contributed by atoms with van der Waals surface area (Å²) in [4.78, 5) is 1.40. The van der Waals surface area contributed by atoms with Crippen molar-refractivity contribution in [2.24, 2.45) is 0 Å². The van der Waals surface area contributed by atoms with E-state index >= 15 is 0 Å². The van der Waals surface area contributed by atoms with Gasteiger partial charge in [0, 0.05) is 26.3 Å². The average Bonchev–Trinajstić information content (AvgIpc) is 3.08. The number of methoxy groups -OCH3 is 2. The Labute approximate surface area is 163 Å². The second-order valence-corrected chi connectivity index (χ2v) is 7.15. The molecular weight excluding hydrogens is 340 g/mol. The molecule has 1 aromatic heterocycles. The number of aliphatic hydroxyl groups is 1. The average molecular weight is 376 g/mol. The molecule has 1 aromatic carbocycles. The van der Waals surface area contributed by atoms with E-state index < -0.39 is 0 Å². The van der Waals surface area contributed by atoms with E-state index in [1.165, 1.54) is 16.2 Å². The van der Waals surface area contributed by atoms with Crippen molar-refractivity contribution >= 4 is 0 Å². The van der Waals surface area contributed by atoms with Crippen molar-refractivity contribution in [3.8, 4) is 5.75 Å². The first-order valence-corrected chi connectivity index (χ1v) is 9.93. The van der Waals surface area contributed by atoms with Crippen LogP contribution < -0.4 is 9.64 Å². The van der Waals surface area contributed by atoms with Gasteiger partial charge in [0.1, 0.15) is 24.9 Å². The summed E-state index contributed by atoms with van der Waals surface area (Å²) in [6.45, 7) is 6.38. The molecule has 0 saturated heterocycles. The lowest BCUT2D eigenvalue weighted by Crippen LogP contribution is -3.12. The second kappa shape index (κ2) is 11.8. The maximum Gasteiger partial charge on any atom is 0.119 e. The van der Waals surface area contributed by atoms with Crippen LogP contribution in [0.1, 0.15) is 37.4 Å². The van der Waals surface area contributed by atoms with E-state index in [-0.39, 0.29) is 6.10 Å². The molecule has 0 amide bonds. The van der Waals surface area contributed by atoms with Gasteiger partial charge in [-0.05, 0) is 36.2 Å². The van der Waals surface area contributed by atoms with Crippen molar-refractivity contribution in [1.29, 1.82) is 0 Å². The minimum atomic E-state index is -0.241. The molecule has 1 heterocycles. The van der Waals surface area contributed by atoms with Gasteiger partial charge in [0.05, 0.1) is 26.0 Å². The Morgan fingerprint density at radius 2 is 2.04 bits per heavy atom.